The number of para-hydroxylation sites is 1. The van der Waals surface area contributed by atoms with E-state index < -0.39 is 18.1 Å². The minimum absolute atomic E-state index is 0.0196. The maximum absolute atomic E-state index is 12.8. The van der Waals surface area contributed by atoms with Crippen molar-refractivity contribution in [1.29, 1.82) is 0 Å². The number of alkyl halides is 3. The maximum atomic E-state index is 12.8. The van der Waals surface area contributed by atoms with E-state index in [2.05, 4.69) is 4.90 Å². The molecule has 2 aliphatic rings. The first-order valence-electron chi connectivity index (χ1n) is 8.77. The number of benzene rings is 1. The van der Waals surface area contributed by atoms with Crippen LogP contribution in [0.4, 0.5) is 18.9 Å². The van der Waals surface area contributed by atoms with Crippen LogP contribution >= 0.6 is 0 Å². The number of amides is 2. The number of carbonyl (C=O) groups is 2. The van der Waals surface area contributed by atoms with Crippen LogP contribution in [0.25, 0.3) is 0 Å². The zero-order valence-corrected chi connectivity index (χ0v) is 14.6. The van der Waals surface area contributed by atoms with Gasteiger partial charge in [-0.2, -0.15) is 13.2 Å². The van der Waals surface area contributed by atoms with Gasteiger partial charge >= 0.3 is 12.1 Å². The Bertz CT molecular complexity index is 665. The molecule has 2 aliphatic heterocycles. The molecule has 0 N–H and O–H groups in total. The maximum Gasteiger partial charge on any atom is 0.471 e. The quantitative estimate of drug-likeness (QED) is 0.803. The van der Waals surface area contributed by atoms with Gasteiger partial charge < -0.3 is 14.7 Å². The average Bonchev–Trinajstić information content (AvgIpc) is 3.09. The van der Waals surface area contributed by atoms with E-state index in [9.17, 15) is 22.8 Å². The number of rotatable bonds is 2. The first-order valence-corrected chi connectivity index (χ1v) is 8.77. The Labute approximate surface area is 150 Å². The highest BCUT2D eigenvalue weighted by molar-refractivity contribution is 5.90. The molecule has 0 spiro atoms. The van der Waals surface area contributed by atoms with E-state index in [1.807, 2.05) is 37.3 Å². The monoisotopic (exact) mass is 369 g/mol. The predicted molar refractivity (Wildman–Crippen MR) is 90.6 cm³/mol. The highest BCUT2D eigenvalue weighted by Crippen LogP contribution is 2.28. The number of carbonyl (C=O) groups excluding carboxylic acids is 2. The van der Waals surface area contributed by atoms with Crippen molar-refractivity contribution in [3.63, 3.8) is 0 Å². The predicted octanol–water partition coefficient (Wildman–Crippen LogP) is 2.28. The molecule has 2 heterocycles. The Morgan fingerprint density at radius 1 is 1.08 bits per heavy atom. The van der Waals surface area contributed by atoms with E-state index in [1.54, 1.807) is 4.90 Å². The van der Waals surface area contributed by atoms with Crippen molar-refractivity contribution in [2.45, 2.75) is 38.0 Å². The van der Waals surface area contributed by atoms with E-state index in [0.717, 1.165) is 5.69 Å². The fraction of sp³-hybridized carbons (Fsp3) is 0.556. The standard InChI is InChI=1S/C18H22F3N3O2/c1-13-12-22(10-11-23(13)14-6-3-2-4-7-14)16(25)15-8-5-9-24(15)17(26)18(19,20)21/h2-4,6-7,13,15H,5,8-12H2,1H3. The van der Waals surface area contributed by atoms with Crippen molar-refractivity contribution < 1.29 is 22.8 Å². The lowest BCUT2D eigenvalue weighted by molar-refractivity contribution is -0.187. The fourth-order valence-electron chi connectivity index (χ4n) is 3.80. The van der Waals surface area contributed by atoms with Gasteiger partial charge in [-0.25, -0.2) is 0 Å². The molecule has 0 aliphatic carbocycles. The Balaban J connectivity index is 1.67. The number of hydrogen-bond donors (Lipinski definition) is 0. The molecule has 3 rings (SSSR count). The van der Waals surface area contributed by atoms with Crippen LogP contribution in [0.3, 0.4) is 0 Å². The molecule has 0 aromatic heterocycles. The molecular formula is C18H22F3N3O2. The molecule has 0 saturated carbocycles. The van der Waals surface area contributed by atoms with Crippen molar-refractivity contribution in [1.82, 2.24) is 9.80 Å². The van der Waals surface area contributed by atoms with E-state index in [0.29, 0.717) is 31.0 Å². The van der Waals surface area contributed by atoms with Gasteiger partial charge in [-0.15, -0.1) is 0 Å². The van der Waals surface area contributed by atoms with E-state index in [-0.39, 0.29) is 24.9 Å². The topological polar surface area (TPSA) is 43.9 Å². The summed E-state index contributed by atoms with van der Waals surface area (Å²) in [5.74, 6) is -2.29. The van der Waals surface area contributed by atoms with Gasteiger partial charge in [0.15, 0.2) is 0 Å². The first kappa shape index (κ1) is 18.5. The summed E-state index contributed by atoms with van der Waals surface area (Å²) in [5, 5.41) is 0. The Morgan fingerprint density at radius 2 is 1.77 bits per heavy atom. The third kappa shape index (κ3) is 3.64. The van der Waals surface area contributed by atoms with Crippen LogP contribution in [-0.4, -0.2) is 66.1 Å². The molecule has 5 nitrogen and oxygen atoms in total. The van der Waals surface area contributed by atoms with Crippen LogP contribution in [0, 0.1) is 0 Å². The highest BCUT2D eigenvalue weighted by Gasteiger charge is 2.48. The Hall–Kier alpha value is -2.25. The van der Waals surface area contributed by atoms with Gasteiger partial charge in [0.2, 0.25) is 5.91 Å². The van der Waals surface area contributed by atoms with Crippen LogP contribution in [-0.2, 0) is 9.59 Å². The lowest BCUT2D eigenvalue weighted by Crippen LogP contribution is -2.58. The molecule has 2 fully saturated rings. The molecule has 1 aromatic rings. The summed E-state index contributed by atoms with van der Waals surface area (Å²) in [6.07, 6.45) is -4.24. The molecule has 1 aromatic carbocycles. The summed E-state index contributed by atoms with van der Waals surface area (Å²) in [6, 6.07) is 8.85. The number of hydrogen-bond acceptors (Lipinski definition) is 3. The van der Waals surface area contributed by atoms with Crippen molar-refractivity contribution in [3.05, 3.63) is 30.3 Å². The largest absolute Gasteiger partial charge is 0.471 e. The number of anilines is 1. The average molecular weight is 369 g/mol. The number of halogens is 3. The molecule has 0 radical (unpaired) electrons. The van der Waals surface area contributed by atoms with Gasteiger partial charge in [0.05, 0.1) is 0 Å². The number of nitrogens with zero attached hydrogens (tertiary/aromatic N) is 3. The normalized spacial score (nSPS) is 24.1. The first-order chi connectivity index (χ1) is 12.3. The van der Waals surface area contributed by atoms with Crippen molar-refractivity contribution in [3.8, 4) is 0 Å². The summed E-state index contributed by atoms with van der Waals surface area (Å²) >= 11 is 0. The minimum atomic E-state index is -4.94. The van der Waals surface area contributed by atoms with Gasteiger partial charge in [-0.1, -0.05) is 18.2 Å². The molecule has 2 unspecified atom stereocenters. The second-order valence-electron chi connectivity index (χ2n) is 6.82. The van der Waals surface area contributed by atoms with E-state index in [4.69, 9.17) is 0 Å². The zero-order valence-electron chi connectivity index (χ0n) is 14.6. The molecule has 2 atom stereocenters. The van der Waals surface area contributed by atoms with E-state index in [1.165, 1.54) is 0 Å². The Morgan fingerprint density at radius 3 is 2.38 bits per heavy atom. The highest BCUT2D eigenvalue weighted by atomic mass is 19.4. The molecule has 0 bridgehead atoms. The second-order valence-corrected chi connectivity index (χ2v) is 6.82. The SMILES string of the molecule is CC1CN(C(=O)C2CCCN2C(=O)C(F)(F)F)CCN1c1ccccc1. The summed E-state index contributed by atoms with van der Waals surface area (Å²) in [5.41, 5.74) is 1.06. The van der Waals surface area contributed by atoms with Gasteiger partial charge in [-0.3, -0.25) is 9.59 Å². The van der Waals surface area contributed by atoms with Crippen molar-refractivity contribution in [2.24, 2.45) is 0 Å². The molecule has 2 saturated heterocycles. The molecular weight excluding hydrogens is 347 g/mol. The van der Waals surface area contributed by atoms with Crippen LogP contribution < -0.4 is 4.90 Å². The lowest BCUT2D eigenvalue weighted by atomic mass is 10.1. The third-order valence-electron chi connectivity index (χ3n) is 5.07. The second kappa shape index (κ2) is 7.17. The van der Waals surface area contributed by atoms with Crippen LogP contribution in [0.5, 0.6) is 0 Å². The van der Waals surface area contributed by atoms with Gasteiger partial charge in [0, 0.05) is 37.9 Å². The van der Waals surface area contributed by atoms with Gasteiger partial charge in [0.1, 0.15) is 6.04 Å². The Kier molecular flexibility index (Phi) is 5.11. The summed E-state index contributed by atoms with van der Waals surface area (Å²) < 4.78 is 38.3. The van der Waals surface area contributed by atoms with Crippen LogP contribution in [0.15, 0.2) is 30.3 Å². The third-order valence-corrected chi connectivity index (χ3v) is 5.07. The van der Waals surface area contributed by atoms with Crippen molar-refractivity contribution >= 4 is 17.5 Å². The zero-order chi connectivity index (χ0) is 18.9. The lowest BCUT2D eigenvalue weighted by Gasteiger charge is -2.42. The number of likely N-dealkylation sites (tertiary alicyclic amines) is 1. The van der Waals surface area contributed by atoms with Gasteiger partial charge in [-0.05, 0) is 31.9 Å². The van der Waals surface area contributed by atoms with Gasteiger partial charge in [0.25, 0.3) is 0 Å². The molecule has 2 amide bonds. The van der Waals surface area contributed by atoms with E-state index >= 15 is 0 Å². The smallest absolute Gasteiger partial charge is 0.365 e. The summed E-state index contributed by atoms with van der Waals surface area (Å²) in [6.45, 7) is 3.44. The summed E-state index contributed by atoms with van der Waals surface area (Å²) in [4.78, 5) is 28.8. The molecule has 142 valence electrons. The fourth-order valence-corrected chi connectivity index (χ4v) is 3.80. The molecule has 8 heteroatoms. The van der Waals surface area contributed by atoms with Crippen LogP contribution in [0.1, 0.15) is 19.8 Å². The minimum Gasteiger partial charge on any atom is -0.365 e. The summed E-state index contributed by atoms with van der Waals surface area (Å²) in [7, 11) is 0. The van der Waals surface area contributed by atoms with Crippen molar-refractivity contribution in [2.75, 3.05) is 31.1 Å². The molecule has 26 heavy (non-hydrogen) atoms. The number of piperazine rings is 1. The van der Waals surface area contributed by atoms with Crippen LogP contribution in [0.2, 0.25) is 0 Å².